The molecular formula is C14H9ClN2OS. The molecule has 0 aromatic heterocycles. The van der Waals surface area contributed by atoms with Crippen LogP contribution >= 0.6 is 23.4 Å². The number of anilines is 1. The lowest BCUT2D eigenvalue weighted by molar-refractivity contribution is 0.102. The van der Waals surface area contributed by atoms with Crippen LogP contribution in [0.15, 0.2) is 53.4 Å². The molecule has 0 bridgehead atoms. The third-order valence-electron chi connectivity index (χ3n) is 2.39. The molecule has 94 valence electrons. The van der Waals surface area contributed by atoms with Gasteiger partial charge in [-0.2, -0.15) is 5.26 Å². The van der Waals surface area contributed by atoms with Gasteiger partial charge in [-0.05, 0) is 48.2 Å². The summed E-state index contributed by atoms with van der Waals surface area (Å²) in [4.78, 5) is 12.8. The van der Waals surface area contributed by atoms with Crippen LogP contribution in [0, 0.1) is 10.7 Å². The van der Waals surface area contributed by atoms with Crippen LogP contribution in [-0.2, 0) is 0 Å². The van der Waals surface area contributed by atoms with E-state index in [1.165, 1.54) is 0 Å². The maximum absolute atomic E-state index is 12.1. The van der Waals surface area contributed by atoms with Gasteiger partial charge in [0.25, 0.3) is 5.91 Å². The first-order valence-corrected chi connectivity index (χ1v) is 6.62. The van der Waals surface area contributed by atoms with Crippen molar-refractivity contribution < 1.29 is 4.79 Å². The summed E-state index contributed by atoms with van der Waals surface area (Å²) in [7, 11) is 0. The Morgan fingerprint density at radius 1 is 1.16 bits per heavy atom. The maximum Gasteiger partial charge on any atom is 0.256 e. The van der Waals surface area contributed by atoms with Crippen molar-refractivity contribution in [3.05, 3.63) is 59.1 Å². The molecule has 0 aliphatic heterocycles. The van der Waals surface area contributed by atoms with Crippen molar-refractivity contribution in [2.75, 3.05) is 5.32 Å². The molecule has 0 fully saturated rings. The number of amides is 1. The normalized spacial score (nSPS) is 9.68. The number of nitrogens with one attached hydrogen (secondary N) is 1. The zero-order valence-corrected chi connectivity index (χ0v) is 11.3. The fourth-order valence-electron chi connectivity index (χ4n) is 1.52. The maximum atomic E-state index is 12.1. The summed E-state index contributed by atoms with van der Waals surface area (Å²) in [6.07, 6.45) is 0. The summed E-state index contributed by atoms with van der Waals surface area (Å²) < 4.78 is 0. The lowest BCUT2D eigenvalue weighted by atomic mass is 10.2. The molecule has 0 saturated carbocycles. The van der Waals surface area contributed by atoms with Crippen LogP contribution in [0.4, 0.5) is 5.69 Å². The number of nitrogens with zero attached hydrogens (tertiary/aromatic N) is 1. The molecule has 1 amide bonds. The van der Waals surface area contributed by atoms with Crippen molar-refractivity contribution in [1.82, 2.24) is 0 Å². The number of benzene rings is 2. The van der Waals surface area contributed by atoms with Crippen LogP contribution in [0.2, 0.25) is 5.02 Å². The molecule has 0 radical (unpaired) electrons. The van der Waals surface area contributed by atoms with Crippen LogP contribution in [0.3, 0.4) is 0 Å². The van der Waals surface area contributed by atoms with E-state index in [2.05, 4.69) is 5.32 Å². The Bertz CT molecular complexity index is 635. The molecule has 19 heavy (non-hydrogen) atoms. The number of thiocyanates is 1. The second kappa shape index (κ2) is 6.28. The van der Waals surface area contributed by atoms with E-state index in [-0.39, 0.29) is 5.91 Å². The molecule has 0 unspecified atom stereocenters. The highest BCUT2D eigenvalue weighted by molar-refractivity contribution is 8.03. The van der Waals surface area contributed by atoms with E-state index >= 15 is 0 Å². The SMILES string of the molecule is N#CSc1ccccc1C(=O)Nc1ccc(Cl)cc1. The molecule has 2 aromatic rings. The lowest BCUT2D eigenvalue weighted by Gasteiger charge is -2.07. The van der Waals surface area contributed by atoms with E-state index in [1.807, 2.05) is 5.40 Å². The highest BCUT2D eigenvalue weighted by atomic mass is 35.5. The summed E-state index contributed by atoms with van der Waals surface area (Å²) in [5.41, 5.74) is 1.13. The van der Waals surface area contributed by atoms with Gasteiger partial charge in [-0.15, -0.1) is 0 Å². The zero-order chi connectivity index (χ0) is 13.7. The summed E-state index contributed by atoms with van der Waals surface area (Å²) >= 11 is 6.75. The van der Waals surface area contributed by atoms with Crippen molar-refractivity contribution in [1.29, 1.82) is 5.26 Å². The largest absolute Gasteiger partial charge is 0.322 e. The molecule has 0 saturated heterocycles. The van der Waals surface area contributed by atoms with E-state index < -0.39 is 0 Å². The minimum Gasteiger partial charge on any atom is -0.322 e. The number of nitriles is 1. The van der Waals surface area contributed by atoms with E-state index in [0.717, 1.165) is 11.8 Å². The van der Waals surface area contributed by atoms with E-state index in [9.17, 15) is 4.79 Å². The number of hydrogen-bond donors (Lipinski definition) is 1. The average Bonchev–Trinajstić information content (AvgIpc) is 2.42. The van der Waals surface area contributed by atoms with Crippen molar-refractivity contribution in [3.8, 4) is 5.40 Å². The van der Waals surface area contributed by atoms with Gasteiger partial charge < -0.3 is 5.32 Å². The number of thioether (sulfide) groups is 1. The summed E-state index contributed by atoms with van der Waals surface area (Å²) in [6, 6.07) is 13.8. The van der Waals surface area contributed by atoms with Gasteiger partial charge in [0.2, 0.25) is 0 Å². The molecule has 2 rings (SSSR count). The Hall–Kier alpha value is -1.96. The average molecular weight is 289 g/mol. The molecule has 3 nitrogen and oxygen atoms in total. The first kappa shape index (κ1) is 13.5. The van der Waals surface area contributed by atoms with Gasteiger partial charge in [0.1, 0.15) is 5.40 Å². The number of hydrogen-bond acceptors (Lipinski definition) is 3. The third kappa shape index (κ3) is 3.50. The van der Waals surface area contributed by atoms with Crippen LogP contribution in [0.1, 0.15) is 10.4 Å². The van der Waals surface area contributed by atoms with Crippen LogP contribution in [0.5, 0.6) is 0 Å². The van der Waals surface area contributed by atoms with E-state index in [4.69, 9.17) is 16.9 Å². The molecule has 0 spiro atoms. The number of rotatable bonds is 3. The smallest absolute Gasteiger partial charge is 0.256 e. The minimum atomic E-state index is -0.249. The number of carbonyl (C=O) groups excluding carboxylic acids is 1. The van der Waals surface area contributed by atoms with Crippen LogP contribution in [-0.4, -0.2) is 5.91 Å². The summed E-state index contributed by atoms with van der Waals surface area (Å²) in [6.45, 7) is 0. The predicted octanol–water partition coefficient (Wildman–Crippen LogP) is 4.17. The van der Waals surface area contributed by atoms with Crippen molar-refractivity contribution >= 4 is 35.0 Å². The van der Waals surface area contributed by atoms with Gasteiger partial charge in [0, 0.05) is 15.6 Å². The standard InChI is InChI=1S/C14H9ClN2OS/c15-10-5-7-11(8-6-10)17-14(18)12-3-1-2-4-13(12)19-9-16/h1-8H,(H,17,18). The molecule has 0 aliphatic carbocycles. The second-order valence-corrected chi connectivity index (χ2v) is 4.91. The first-order chi connectivity index (χ1) is 9.20. The highest BCUT2D eigenvalue weighted by Gasteiger charge is 2.11. The summed E-state index contributed by atoms with van der Waals surface area (Å²) in [5.74, 6) is -0.249. The molecule has 0 atom stereocenters. The van der Waals surface area contributed by atoms with Gasteiger partial charge in [0.15, 0.2) is 0 Å². The summed E-state index contributed by atoms with van der Waals surface area (Å²) in [5, 5.41) is 14.1. The Balaban J connectivity index is 2.20. The minimum absolute atomic E-state index is 0.249. The fraction of sp³-hybridized carbons (Fsp3) is 0. The molecule has 0 heterocycles. The second-order valence-electron chi connectivity index (χ2n) is 3.65. The van der Waals surface area contributed by atoms with Gasteiger partial charge >= 0.3 is 0 Å². The Labute approximate surface area is 120 Å². The monoisotopic (exact) mass is 288 g/mol. The Morgan fingerprint density at radius 3 is 2.53 bits per heavy atom. The molecule has 5 heteroatoms. The first-order valence-electron chi connectivity index (χ1n) is 5.42. The molecular weight excluding hydrogens is 280 g/mol. The van der Waals surface area contributed by atoms with Gasteiger partial charge in [-0.1, -0.05) is 23.7 Å². The van der Waals surface area contributed by atoms with Crippen LogP contribution < -0.4 is 5.32 Å². The quantitative estimate of drug-likeness (QED) is 0.681. The fourth-order valence-corrected chi connectivity index (χ4v) is 2.17. The van der Waals surface area contributed by atoms with Gasteiger partial charge in [-0.25, -0.2) is 0 Å². The van der Waals surface area contributed by atoms with Crippen molar-refractivity contribution in [3.63, 3.8) is 0 Å². The topological polar surface area (TPSA) is 52.9 Å². The lowest BCUT2D eigenvalue weighted by Crippen LogP contribution is -2.12. The van der Waals surface area contributed by atoms with Crippen molar-refractivity contribution in [2.24, 2.45) is 0 Å². The van der Waals surface area contributed by atoms with E-state index in [1.54, 1.807) is 48.5 Å². The third-order valence-corrected chi connectivity index (χ3v) is 3.31. The van der Waals surface area contributed by atoms with Crippen molar-refractivity contribution in [2.45, 2.75) is 4.90 Å². The number of carbonyl (C=O) groups is 1. The van der Waals surface area contributed by atoms with Crippen LogP contribution in [0.25, 0.3) is 0 Å². The zero-order valence-electron chi connectivity index (χ0n) is 9.76. The Kier molecular flexibility index (Phi) is 4.45. The molecule has 0 aliphatic rings. The predicted molar refractivity (Wildman–Crippen MR) is 77.3 cm³/mol. The van der Waals surface area contributed by atoms with E-state index in [0.29, 0.717) is 21.2 Å². The number of halogens is 1. The Morgan fingerprint density at radius 2 is 1.84 bits per heavy atom. The molecule has 1 N–H and O–H groups in total. The van der Waals surface area contributed by atoms with Gasteiger partial charge in [-0.3, -0.25) is 4.79 Å². The molecule has 2 aromatic carbocycles. The van der Waals surface area contributed by atoms with Gasteiger partial charge in [0.05, 0.1) is 5.56 Å². The highest BCUT2D eigenvalue weighted by Crippen LogP contribution is 2.22.